The van der Waals surface area contributed by atoms with Crippen LogP contribution in [0.3, 0.4) is 0 Å². The van der Waals surface area contributed by atoms with Crippen molar-refractivity contribution in [2.45, 2.75) is 5.41 Å². The standard InChI is InChI=1S/C57H36N2/c1-4-17-39(18-5-1)58(40-19-6-2-7-20-40)51-34-32-42(43-23-10-11-26-46(43)51)38-35-37-31-33-53-56-54(37)50(36-38)57(47-27-14-12-24-44(47)45-25-13-15-28-48(45)57)49-29-16-30-52(55(49)56)59(53)41-21-8-3-9-22-41/h1-36H. The van der Waals surface area contributed by atoms with Gasteiger partial charge in [-0.2, -0.15) is 0 Å². The summed E-state index contributed by atoms with van der Waals surface area (Å²) in [7, 11) is 0. The van der Waals surface area contributed by atoms with Crippen molar-refractivity contribution in [3.8, 4) is 27.9 Å². The Morgan fingerprint density at radius 2 is 0.932 bits per heavy atom. The van der Waals surface area contributed by atoms with Gasteiger partial charge in [-0.05, 0) is 127 Å². The maximum absolute atomic E-state index is 2.55. The first-order chi connectivity index (χ1) is 29.3. The van der Waals surface area contributed by atoms with Crippen LogP contribution in [0.1, 0.15) is 22.3 Å². The molecule has 0 saturated carbocycles. The van der Waals surface area contributed by atoms with Crippen LogP contribution < -0.4 is 4.90 Å². The van der Waals surface area contributed by atoms with Gasteiger partial charge in [0.1, 0.15) is 0 Å². The van der Waals surface area contributed by atoms with Crippen LogP contribution in [-0.2, 0) is 5.41 Å². The second kappa shape index (κ2) is 12.2. The molecule has 2 aliphatic rings. The van der Waals surface area contributed by atoms with E-state index < -0.39 is 5.41 Å². The molecule has 2 aliphatic carbocycles. The molecule has 0 aliphatic heterocycles. The molecule has 0 saturated heterocycles. The topological polar surface area (TPSA) is 8.17 Å². The molecule has 0 bridgehead atoms. The van der Waals surface area contributed by atoms with E-state index in [4.69, 9.17) is 0 Å². The summed E-state index contributed by atoms with van der Waals surface area (Å²) in [6, 6.07) is 81.0. The highest BCUT2D eigenvalue weighted by atomic mass is 15.1. The molecule has 0 fully saturated rings. The van der Waals surface area contributed by atoms with Gasteiger partial charge in [0.25, 0.3) is 0 Å². The van der Waals surface area contributed by atoms with E-state index in [2.05, 4.69) is 228 Å². The maximum atomic E-state index is 2.55. The fourth-order valence-electron chi connectivity index (χ4n) is 10.9. The van der Waals surface area contributed by atoms with Gasteiger partial charge in [-0.25, -0.2) is 0 Å². The third-order valence-corrected chi connectivity index (χ3v) is 13.1. The molecule has 11 aromatic rings. The number of benzene rings is 10. The molecular weight excluding hydrogens is 713 g/mol. The molecular formula is C57H36N2. The minimum absolute atomic E-state index is 0.516. The molecule has 1 heterocycles. The lowest BCUT2D eigenvalue weighted by atomic mass is 9.62. The molecule has 0 N–H and O–H groups in total. The fourth-order valence-corrected chi connectivity index (χ4v) is 10.9. The molecule has 0 unspecified atom stereocenters. The van der Waals surface area contributed by atoms with E-state index in [1.807, 2.05) is 0 Å². The molecule has 2 nitrogen and oxygen atoms in total. The van der Waals surface area contributed by atoms with Crippen molar-refractivity contribution < 1.29 is 0 Å². The zero-order chi connectivity index (χ0) is 38.7. The summed E-state index contributed by atoms with van der Waals surface area (Å²) in [6.07, 6.45) is 0. The number of aromatic nitrogens is 1. The SMILES string of the molecule is c1ccc(N(c2ccccc2)c2ccc(-c3cc4c5c(ccc6c5c5c(cccc5n6-c5ccccc5)C45c4ccccc4-c4ccccc45)c3)c3ccccc23)cc1. The van der Waals surface area contributed by atoms with Gasteiger partial charge < -0.3 is 9.47 Å². The zero-order valence-corrected chi connectivity index (χ0v) is 32.2. The van der Waals surface area contributed by atoms with E-state index >= 15 is 0 Å². The molecule has 1 aromatic heterocycles. The molecule has 13 rings (SSSR count). The van der Waals surface area contributed by atoms with Gasteiger partial charge in [0.2, 0.25) is 0 Å². The van der Waals surface area contributed by atoms with Crippen LogP contribution in [0.25, 0.3) is 71.3 Å². The highest BCUT2D eigenvalue weighted by Gasteiger charge is 2.50. The van der Waals surface area contributed by atoms with Gasteiger partial charge in [-0.15, -0.1) is 0 Å². The summed E-state index contributed by atoms with van der Waals surface area (Å²) in [6.45, 7) is 0. The summed E-state index contributed by atoms with van der Waals surface area (Å²) < 4.78 is 2.48. The van der Waals surface area contributed by atoms with Gasteiger partial charge in [-0.3, -0.25) is 0 Å². The van der Waals surface area contributed by atoms with E-state index in [-0.39, 0.29) is 0 Å². The molecule has 2 heteroatoms. The third-order valence-electron chi connectivity index (χ3n) is 13.1. The molecule has 59 heavy (non-hydrogen) atoms. The first kappa shape index (κ1) is 32.4. The Kier molecular flexibility index (Phi) is 6.68. The van der Waals surface area contributed by atoms with Crippen molar-refractivity contribution >= 4 is 60.4 Å². The Balaban J connectivity index is 1.15. The fraction of sp³-hybridized carbons (Fsp3) is 0.0175. The minimum Gasteiger partial charge on any atom is -0.310 e. The number of anilines is 3. The zero-order valence-electron chi connectivity index (χ0n) is 32.2. The second-order valence-corrected chi connectivity index (χ2v) is 16.0. The molecule has 0 atom stereocenters. The van der Waals surface area contributed by atoms with E-state index in [1.54, 1.807) is 0 Å². The number of hydrogen-bond donors (Lipinski definition) is 0. The van der Waals surface area contributed by atoms with Crippen molar-refractivity contribution in [1.82, 2.24) is 4.57 Å². The van der Waals surface area contributed by atoms with Gasteiger partial charge >= 0.3 is 0 Å². The largest absolute Gasteiger partial charge is 0.310 e. The summed E-state index contributed by atoms with van der Waals surface area (Å²) in [5.41, 5.74) is 17.0. The Morgan fingerprint density at radius 3 is 1.63 bits per heavy atom. The van der Waals surface area contributed by atoms with E-state index in [0.717, 1.165) is 17.1 Å². The van der Waals surface area contributed by atoms with Crippen LogP contribution in [0.2, 0.25) is 0 Å². The summed E-state index contributed by atoms with van der Waals surface area (Å²) in [4.78, 5) is 2.38. The van der Waals surface area contributed by atoms with Crippen LogP contribution in [0.4, 0.5) is 17.1 Å². The number of fused-ring (bicyclic) bond motifs is 8. The van der Waals surface area contributed by atoms with Crippen molar-refractivity contribution in [3.05, 3.63) is 241 Å². The molecule has 274 valence electrons. The van der Waals surface area contributed by atoms with Crippen molar-refractivity contribution in [2.24, 2.45) is 0 Å². The Labute approximate surface area is 342 Å². The van der Waals surface area contributed by atoms with Crippen LogP contribution in [0, 0.1) is 0 Å². The molecule has 10 aromatic carbocycles. The van der Waals surface area contributed by atoms with Crippen LogP contribution in [0.5, 0.6) is 0 Å². The van der Waals surface area contributed by atoms with Gasteiger partial charge in [-0.1, -0.05) is 152 Å². The van der Waals surface area contributed by atoms with Crippen molar-refractivity contribution in [3.63, 3.8) is 0 Å². The second-order valence-electron chi connectivity index (χ2n) is 16.0. The lowest BCUT2D eigenvalue weighted by molar-refractivity contribution is 0.783. The maximum Gasteiger partial charge on any atom is 0.0726 e. The smallest absolute Gasteiger partial charge is 0.0726 e. The normalized spacial score (nSPS) is 13.2. The number of rotatable bonds is 5. The molecule has 0 radical (unpaired) electrons. The van der Waals surface area contributed by atoms with E-state index in [1.165, 1.54) is 93.5 Å². The molecule has 1 spiro atoms. The van der Waals surface area contributed by atoms with Crippen LogP contribution >= 0.6 is 0 Å². The van der Waals surface area contributed by atoms with Crippen LogP contribution in [-0.4, -0.2) is 4.57 Å². The van der Waals surface area contributed by atoms with Crippen molar-refractivity contribution in [1.29, 1.82) is 0 Å². The number of para-hydroxylation sites is 3. The Morgan fingerprint density at radius 1 is 0.356 bits per heavy atom. The monoisotopic (exact) mass is 748 g/mol. The highest BCUT2D eigenvalue weighted by Crippen LogP contribution is 2.62. The number of nitrogens with zero attached hydrogens (tertiary/aromatic N) is 2. The average molecular weight is 749 g/mol. The number of hydrogen-bond acceptors (Lipinski definition) is 1. The third kappa shape index (κ3) is 4.30. The van der Waals surface area contributed by atoms with E-state index in [9.17, 15) is 0 Å². The summed E-state index contributed by atoms with van der Waals surface area (Å²) in [5.74, 6) is 0. The van der Waals surface area contributed by atoms with E-state index in [0.29, 0.717) is 0 Å². The average Bonchev–Trinajstić information content (AvgIpc) is 3.81. The predicted octanol–water partition coefficient (Wildman–Crippen LogP) is 14.9. The molecule has 0 amide bonds. The Hall–Kier alpha value is -7.68. The first-order valence-corrected chi connectivity index (χ1v) is 20.5. The lowest BCUT2D eigenvalue weighted by Gasteiger charge is -2.38. The van der Waals surface area contributed by atoms with Crippen LogP contribution in [0.15, 0.2) is 218 Å². The quantitative estimate of drug-likeness (QED) is 0.170. The summed E-state index contributed by atoms with van der Waals surface area (Å²) in [5, 5.41) is 7.73. The van der Waals surface area contributed by atoms with Gasteiger partial charge in [0.05, 0.1) is 22.1 Å². The van der Waals surface area contributed by atoms with Crippen molar-refractivity contribution in [2.75, 3.05) is 4.90 Å². The first-order valence-electron chi connectivity index (χ1n) is 20.5. The van der Waals surface area contributed by atoms with Gasteiger partial charge in [0.15, 0.2) is 0 Å². The Bertz CT molecular complexity index is 3400. The minimum atomic E-state index is -0.516. The highest BCUT2D eigenvalue weighted by molar-refractivity contribution is 6.27. The van der Waals surface area contributed by atoms with Gasteiger partial charge in [0, 0.05) is 33.2 Å². The lowest BCUT2D eigenvalue weighted by Crippen LogP contribution is -2.30. The predicted molar refractivity (Wildman–Crippen MR) is 247 cm³/mol. The summed E-state index contributed by atoms with van der Waals surface area (Å²) >= 11 is 0.